The first-order valence-electron chi connectivity index (χ1n) is 8.81. The molecule has 4 rings (SSSR count). The fourth-order valence-corrected chi connectivity index (χ4v) is 3.73. The molecule has 1 amide bonds. The lowest BCUT2D eigenvalue weighted by molar-refractivity contribution is -0.117. The molecule has 0 aliphatic carbocycles. The lowest BCUT2D eigenvalue weighted by Gasteiger charge is -2.37. The summed E-state index contributed by atoms with van der Waals surface area (Å²) in [5.41, 5.74) is 9.82. The van der Waals surface area contributed by atoms with Crippen molar-refractivity contribution in [2.45, 2.75) is 25.9 Å². The molecule has 5 heteroatoms. The van der Waals surface area contributed by atoms with Crippen LogP contribution in [0.3, 0.4) is 0 Å². The minimum absolute atomic E-state index is 0.0394. The number of nitrogen functional groups attached to an aromatic ring is 1. The van der Waals surface area contributed by atoms with Gasteiger partial charge in [-0.1, -0.05) is 18.2 Å². The third-order valence-corrected chi connectivity index (χ3v) is 4.87. The minimum Gasteiger partial charge on any atom is -0.487 e. The standard InChI is InChI=1S/C20H23N3O2/c1-14-12-22(18-11-16(21)8-9-19(18)25-14)13-20(24)23-10-4-6-15-5-2-3-7-17(15)23/h2-3,5,7-9,11,14H,4,6,10,12-13,21H2,1H3. The van der Waals surface area contributed by atoms with Gasteiger partial charge in [0, 0.05) is 17.9 Å². The Morgan fingerprint density at radius 3 is 2.96 bits per heavy atom. The van der Waals surface area contributed by atoms with Crippen molar-refractivity contribution in [3.05, 3.63) is 48.0 Å². The van der Waals surface area contributed by atoms with Crippen LogP contribution in [0.5, 0.6) is 5.75 Å². The highest BCUT2D eigenvalue weighted by Gasteiger charge is 2.28. The van der Waals surface area contributed by atoms with Gasteiger partial charge in [0.2, 0.25) is 5.91 Å². The Bertz CT molecular complexity index is 805. The molecule has 1 atom stereocenters. The number of nitrogens with zero attached hydrogens (tertiary/aromatic N) is 2. The van der Waals surface area contributed by atoms with Crippen molar-refractivity contribution in [1.82, 2.24) is 0 Å². The van der Waals surface area contributed by atoms with E-state index in [4.69, 9.17) is 10.5 Å². The van der Waals surface area contributed by atoms with Crippen LogP contribution in [-0.2, 0) is 11.2 Å². The van der Waals surface area contributed by atoms with E-state index >= 15 is 0 Å². The summed E-state index contributed by atoms with van der Waals surface area (Å²) in [6.45, 7) is 3.81. The Kier molecular flexibility index (Phi) is 3.99. The largest absolute Gasteiger partial charge is 0.487 e. The number of hydrogen-bond acceptors (Lipinski definition) is 4. The molecule has 0 spiro atoms. The van der Waals surface area contributed by atoms with Gasteiger partial charge in [-0.15, -0.1) is 0 Å². The first-order chi connectivity index (χ1) is 12.1. The van der Waals surface area contributed by atoms with Crippen LogP contribution < -0.4 is 20.3 Å². The highest BCUT2D eigenvalue weighted by Crippen LogP contribution is 2.35. The second kappa shape index (κ2) is 6.31. The smallest absolute Gasteiger partial charge is 0.246 e. The van der Waals surface area contributed by atoms with Gasteiger partial charge in [-0.3, -0.25) is 4.79 Å². The maximum absolute atomic E-state index is 13.0. The monoisotopic (exact) mass is 337 g/mol. The molecule has 0 bridgehead atoms. The van der Waals surface area contributed by atoms with Gasteiger partial charge >= 0.3 is 0 Å². The predicted octanol–water partition coefficient (Wildman–Crippen LogP) is 2.84. The van der Waals surface area contributed by atoms with Gasteiger partial charge in [0.1, 0.15) is 11.9 Å². The maximum Gasteiger partial charge on any atom is 0.246 e. The first-order valence-corrected chi connectivity index (χ1v) is 8.81. The van der Waals surface area contributed by atoms with E-state index in [0.717, 1.165) is 36.5 Å². The summed E-state index contributed by atoms with van der Waals surface area (Å²) in [7, 11) is 0. The molecule has 2 aliphatic rings. The normalized spacial score (nSPS) is 19.0. The lowest BCUT2D eigenvalue weighted by Crippen LogP contribution is -2.47. The molecular weight excluding hydrogens is 314 g/mol. The Morgan fingerprint density at radius 2 is 2.08 bits per heavy atom. The zero-order valence-corrected chi connectivity index (χ0v) is 14.4. The number of aryl methyl sites for hydroxylation is 1. The summed E-state index contributed by atoms with van der Waals surface area (Å²) < 4.78 is 5.88. The average molecular weight is 337 g/mol. The number of carbonyl (C=O) groups excluding carboxylic acids is 1. The van der Waals surface area contributed by atoms with Gasteiger partial charge in [-0.2, -0.15) is 0 Å². The Hall–Kier alpha value is -2.69. The molecule has 2 aromatic carbocycles. The third kappa shape index (κ3) is 3.02. The lowest BCUT2D eigenvalue weighted by atomic mass is 10.0. The van der Waals surface area contributed by atoms with Crippen molar-refractivity contribution in [3.8, 4) is 5.75 Å². The molecule has 5 nitrogen and oxygen atoms in total. The van der Waals surface area contributed by atoms with Gasteiger partial charge in [0.25, 0.3) is 0 Å². The van der Waals surface area contributed by atoms with E-state index < -0.39 is 0 Å². The molecule has 2 aliphatic heterocycles. The van der Waals surface area contributed by atoms with E-state index in [0.29, 0.717) is 18.8 Å². The van der Waals surface area contributed by atoms with Crippen molar-refractivity contribution in [3.63, 3.8) is 0 Å². The number of para-hydroxylation sites is 1. The summed E-state index contributed by atoms with van der Waals surface area (Å²) >= 11 is 0. The van der Waals surface area contributed by atoms with Crippen LogP contribution in [0.4, 0.5) is 17.1 Å². The molecule has 2 N–H and O–H groups in total. The molecule has 0 fully saturated rings. The van der Waals surface area contributed by atoms with Crippen molar-refractivity contribution < 1.29 is 9.53 Å². The number of anilines is 3. The third-order valence-electron chi connectivity index (χ3n) is 4.87. The number of fused-ring (bicyclic) bond motifs is 2. The SMILES string of the molecule is CC1CN(CC(=O)N2CCCc3ccccc32)c2cc(N)ccc2O1. The number of nitrogens with two attached hydrogens (primary N) is 1. The van der Waals surface area contributed by atoms with Crippen molar-refractivity contribution in [1.29, 1.82) is 0 Å². The van der Waals surface area contributed by atoms with Gasteiger partial charge in [0.05, 0.1) is 18.8 Å². The maximum atomic E-state index is 13.0. The molecule has 0 saturated carbocycles. The second-order valence-electron chi connectivity index (χ2n) is 6.81. The molecule has 130 valence electrons. The quantitative estimate of drug-likeness (QED) is 0.856. The van der Waals surface area contributed by atoms with Gasteiger partial charge in [-0.25, -0.2) is 0 Å². The number of ether oxygens (including phenoxy) is 1. The fourth-order valence-electron chi connectivity index (χ4n) is 3.73. The van der Waals surface area contributed by atoms with Crippen LogP contribution in [0.25, 0.3) is 0 Å². The molecular formula is C20H23N3O2. The van der Waals surface area contributed by atoms with Crippen LogP contribution in [0.2, 0.25) is 0 Å². The summed E-state index contributed by atoms with van der Waals surface area (Å²) in [4.78, 5) is 17.0. The highest BCUT2D eigenvalue weighted by molar-refractivity contribution is 5.97. The Balaban J connectivity index is 1.59. The van der Waals surface area contributed by atoms with Crippen LogP contribution in [0, 0.1) is 0 Å². The first kappa shape index (κ1) is 15.8. The zero-order valence-electron chi connectivity index (χ0n) is 14.4. The summed E-state index contributed by atoms with van der Waals surface area (Å²) in [5.74, 6) is 0.911. The molecule has 25 heavy (non-hydrogen) atoms. The number of benzene rings is 2. The van der Waals surface area contributed by atoms with E-state index in [9.17, 15) is 4.79 Å². The van der Waals surface area contributed by atoms with E-state index in [1.165, 1.54) is 5.56 Å². The van der Waals surface area contributed by atoms with Crippen LogP contribution >= 0.6 is 0 Å². The van der Waals surface area contributed by atoms with Crippen LogP contribution in [-0.4, -0.2) is 31.6 Å². The number of amides is 1. The van der Waals surface area contributed by atoms with Crippen LogP contribution in [0.15, 0.2) is 42.5 Å². The van der Waals surface area contributed by atoms with E-state index in [2.05, 4.69) is 11.0 Å². The molecule has 2 heterocycles. The van der Waals surface area contributed by atoms with Gasteiger partial charge in [-0.05, 0) is 49.6 Å². The van der Waals surface area contributed by atoms with Crippen molar-refractivity contribution in [2.24, 2.45) is 0 Å². The summed E-state index contributed by atoms with van der Waals surface area (Å²) in [6.07, 6.45) is 2.08. The van der Waals surface area contributed by atoms with Crippen LogP contribution in [0.1, 0.15) is 18.9 Å². The number of hydrogen-bond donors (Lipinski definition) is 1. The molecule has 0 radical (unpaired) electrons. The zero-order chi connectivity index (χ0) is 17.4. The topological polar surface area (TPSA) is 58.8 Å². The summed E-state index contributed by atoms with van der Waals surface area (Å²) in [6, 6.07) is 13.8. The van der Waals surface area contributed by atoms with Crippen molar-refractivity contribution >= 4 is 23.0 Å². The van der Waals surface area contributed by atoms with E-state index in [1.54, 1.807) is 0 Å². The van der Waals surface area contributed by atoms with E-state index in [-0.39, 0.29) is 12.0 Å². The predicted molar refractivity (Wildman–Crippen MR) is 100 cm³/mol. The number of rotatable bonds is 2. The highest BCUT2D eigenvalue weighted by atomic mass is 16.5. The second-order valence-corrected chi connectivity index (χ2v) is 6.81. The average Bonchev–Trinajstić information content (AvgIpc) is 2.61. The molecule has 0 saturated heterocycles. The molecule has 2 aromatic rings. The van der Waals surface area contributed by atoms with E-state index in [1.807, 2.05) is 48.2 Å². The Morgan fingerprint density at radius 1 is 1.24 bits per heavy atom. The minimum atomic E-state index is 0.0394. The fraction of sp³-hybridized carbons (Fsp3) is 0.350. The Labute approximate surface area is 148 Å². The molecule has 0 aromatic heterocycles. The summed E-state index contributed by atoms with van der Waals surface area (Å²) in [5, 5.41) is 0. The molecule has 1 unspecified atom stereocenters. The van der Waals surface area contributed by atoms with Gasteiger partial charge < -0.3 is 20.3 Å². The van der Waals surface area contributed by atoms with Crippen molar-refractivity contribution in [2.75, 3.05) is 35.2 Å². The van der Waals surface area contributed by atoms with Gasteiger partial charge in [0.15, 0.2) is 0 Å². The number of carbonyl (C=O) groups is 1.